The molecular formula is C23H20ClF2N5O2. The lowest BCUT2D eigenvalue weighted by Crippen LogP contribution is -2.17. The molecule has 0 aliphatic carbocycles. The Labute approximate surface area is 192 Å². The average molecular weight is 472 g/mol. The van der Waals surface area contributed by atoms with Gasteiger partial charge in [-0.2, -0.15) is 5.10 Å². The second-order valence-electron chi connectivity index (χ2n) is 8.17. The Kier molecular flexibility index (Phi) is 5.28. The van der Waals surface area contributed by atoms with E-state index in [-0.39, 0.29) is 11.7 Å². The van der Waals surface area contributed by atoms with Gasteiger partial charge in [-0.1, -0.05) is 6.92 Å². The third-order valence-corrected chi connectivity index (χ3v) is 5.77. The molecule has 0 spiro atoms. The van der Waals surface area contributed by atoms with E-state index in [9.17, 15) is 13.6 Å². The Morgan fingerprint density at radius 3 is 2.76 bits per heavy atom. The first-order valence-corrected chi connectivity index (χ1v) is 10.8. The van der Waals surface area contributed by atoms with Crippen LogP contribution < -0.4 is 10.1 Å². The molecule has 0 unspecified atom stereocenters. The van der Waals surface area contributed by atoms with Crippen LogP contribution in [0.5, 0.6) is 5.75 Å². The lowest BCUT2D eigenvalue weighted by Gasteiger charge is -2.20. The monoisotopic (exact) mass is 471 g/mol. The maximum absolute atomic E-state index is 13.0. The molecule has 3 heterocycles. The van der Waals surface area contributed by atoms with E-state index in [1.54, 1.807) is 12.3 Å². The van der Waals surface area contributed by atoms with Gasteiger partial charge in [-0.25, -0.2) is 4.98 Å². The Morgan fingerprint density at radius 1 is 1.27 bits per heavy atom. The van der Waals surface area contributed by atoms with E-state index in [0.717, 1.165) is 47.5 Å². The number of amides is 1. The first kappa shape index (κ1) is 21.4. The number of rotatable bonds is 5. The van der Waals surface area contributed by atoms with Crippen molar-refractivity contribution in [3.05, 3.63) is 60.0 Å². The molecule has 5 rings (SSSR count). The molecule has 0 radical (unpaired) electrons. The summed E-state index contributed by atoms with van der Waals surface area (Å²) in [5.74, 6) is 1.09. The van der Waals surface area contributed by atoms with Crippen LogP contribution in [0.4, 0.5) is 14.5 Å². The minimum absolute atomic E-state index is 0.117. The lowest BCUT2D eigenvalue weighted by atomic mass is 10.00. The summed E-state index contributed by atoms with van der Waals surface area (Å²) in [7, 11) is 0. The minimum Gasteiger partial charge on any atom is -0.420 e. The SMILES string of the molecule is C[C@H]1CCn2c(nc3cc(C(=O)Nc4ccc(OC(F)(F)Cl)cc4)cc(-c4ccn[nH]4)c32)C1. The number of carbonyl (C=O) groups is 1. The molecule has 2 aromatic carbocycles. The molecular weight excluding hydrogens is 452 g/mol. The van der Waals surface area contributed by atoms with Crippen LogP contribution in [0.2, 0.25) is 0 Å². The van der Waals surface area contributed by atoms with Crippen LogP contribution in [0.3, 0.4) is 0 Å². The fourth-order valence-corrected chi connectivity index (χ4v) is 4.25. The number of alkyl halides is 3. The number of ether oxygens (including phenoxy) is 1. The van der Waals surface area contributed by atoms with Crippen molar-refractivity contribution in [1.82, 2.24) is 19.7 Å². The Bertz CT molecular complexity index is 1310. The molecule has 1 amide bonds. The molecule has 0 fully saturated rings. The van der Waals surface area contributed by atoms with Crippen LogP contribution in [0.15, 0.2) is 48.7 Å². The van der Waals surface area contributed by atoms with Crippen LogP contribution >= 0.6 is 11.6 Å². The molecule has 2 aromatic heterocycles. The number of aromatic nitrogens is 4. The number of hydrogen-bond acceptors (Lipinski definition) is 4. The zero-order valence-corrected chi connectivity index (χ0v) is 18.4. The van der Waals surface area contributed by atoms with E-state index in [2.05, 4.69) is 31.7 Å². The highest BCUT2D eigenvalue weighted by atomic mass is 35.5. The minimum atomic E-state index is -3.80. The van der Waals surface area contributed by atoms with Gasteiger partial charge in [0.2, 0.25) is 0 Å². The van der Waals surface area contributed by atoms with Crippen LogP contribution in [-0.4, -0.2) is 31.2 Å². The van der Waals surface area contributed by atoms with Crippen LogP contribution in [0, 0.1) is 5.92 Å². The molecule has 0 saturated carbocycles. The number of benzene rings is 2. The highest BCUT2D eigenvalue weighted by Gasteiger charge is 2.27. The summed E-state index contributed by atoms with van der Waals surface area (Å²) in [6.45, 7) is 3.08. The number of anilines is 1. The van der Waals surface area contributed by atoms with Crippen LogP contribution in [-0.2, 0) is 13.0 Å². The number of aryl methyl sites for hydroxylation is 1. The molecule has 1 aliphatic heterocycles. The van der Waals surface area contributed by atoms with Crippen LogP contribution in [0.1, 0.15) is 29.5 Å². The summed E-state index contributed by atoms with van der Waals surface area (Å²) in [6, 6.07) is 11.0. The normalized spacial score (nSPS) is 15.9. The second kappa shape index (κ2) is 8.15. The Balaban J connectivity index is 1.49. The molecule has 0 saturated heterocycles. The van der Waals surface area contributed by atoms with Crippen molar-refractivity contribution in [3.63, 3.8) is 0 Å². The molecule has 1 aliphatic rings. The predicted octanol–water partition coefficient (Wildman–Crippen LogP) is 5.43. The van der Waals surface area contributed by atoms with Crippen molar-refractivity contribution < 1.29 is 18.3 Å². The fourth-order valence-electron chi connectivity index (χ4n) is 4.16. The summed E-state index contributed by atoms with van der Waals surface area (Å²) < 4.78 is 32.1. The van der Waals surface area contributed by atoms with Gasteiger partial charge in [-0.15, -0.1) is 8.78 Å². The summed E-state index contributed by atoms with van der Waals surface area (Å²) in [4.78, 5) is 17.9. The van der Waals surface area contributed by atoms with Crippen molar-refractivity contribution in [3.8, 4) is 17.0 Å². The Morgan fingerprint density at radius 2 is 2.06 bits per heavy atom. The van der Waals surface area contributed by atoms with E-state index in [0.29, 0.717) is 17.2 Å². The third-order valence-electron chi connectivity index (χ3n) is 5.70. The maximum atomic E-state index is 13.0. The zero-order valence-electron chi connectivity index (χ0n) is 17.6. The molecule has 170 valence electrons. The smallest absolute Gasteiger partial charge is 0.420 e. The summed E-state index contributed by atoms with van der Waals surface area (Å²) in [6.07, 6.45) is 3.62. The van der Waals surface area contributed by atoms with Crippen molar-refractivity contribution in [2.24, 2.45) is 5.92 Å². The molecule has 1 atom stereocenters. The number of aromatic amines is 1. The zero-order chi connectivity index (χ0) is 23.2. The van der Waals surface area contributed by atoms with Crippen molar-refractivity contribution in [2.75, 3.05) is 5.32 Å². The largest absolute Gasteiger partial charge is 0.487 e. The molecule has 2 N–H and O–H groups in total. The number of nitrogens with one attached hydrogen (secondary N) is 2. The maximum Gasteiger partial charge on any atom is 0.487 e. The quantitative estimate of drug-likeness (QED) is 0.380. The van der Waals surface area contributed by atoms with Gasteiger partial charge >= 0.3 is 5.57 Å². The van der Waals surface area contributed by atoms with Gasteiger partial charge in [0.1, 0.15) is 11.6 Å². The van der Waals surface area contributed by atoms with Gasteiger partial charge < -0.3 is 14.6 Å². The number of fused-ring (bicyclic) bond motifs is 3. The number of carbonyl (C=O) groups excluding carboxylic acids is 1. The van der Waals surface area contributed by atoms with Crippen molar-refractivity contribution in [2.45, 2.75) is 31.9 Å². The molecule has 10 heteroatoms. The molecule has 4 aromatic rings. The highest BCUT2D eigenvalue weighted by Crippen LogP contribution is 2.33. The van der Waals surface area contributed by atoms with Gasteiger partial charge in [-0.3, -0.25) is 9.89 Å². The topological polar surface area (TPSA) is 84.8 Å². The Hall–Kier alpha value is -3.46. The predicted molar refractivity (Wildman–Crippen MR) is 121 cm³/mol. The van der Waals surface area contributed by atoms with E-state index in [4.69, 9.17) is 16.6 Å². The van der Waals surface area contributed by atoms with Gasteiger partial charge in [-0.05, 0) is 54.8 Å². The number of imidazole rings is 1. The first-order chi connectivity index (χ1) is 15.8. The number of H-pyrrole nitrogens is 1. The van der Waals surface area contributed by atoms with Crippen molar-refractivity contribution >= 4 is 34.2 Å². The lowest BCUT2D eigenvalue weighted by molar-refractivity contribution is -0.0964. The second-order valence-corrected chi connectivity index (χ2v) is 8.61. The molecule has 33 heavy (non-hydrogen) atoms. The number of halogens is 3. The highest BCUT2D eigenvalue weighted by molar-refractivity contribution is 6.20. The standard InChI is InChI=1S/C23H20ClF2N5O2/c1-13-7-9-31-20(10-13)29-19-12-14(11-17(21(19)31)18-6-8-27-30-18)22(32)28-15-2-4-16(5-3-15)33-23(24,25)26/h2-6,8,11-13H,7,9-10H2,1H3,(H,27,30)(H,28,32)/t13-/m0/s1. The van der Waals surface area contributed by atoms with Gasteiger partial charge in [0, 0.05) is 47.6 Å². The molecule has 0 bridgehead atoms. The van der Waals surface area contributed by atoms with E-state index in [1.165, 1.54) is 24.3 Å². The average Bonchev–Trinajstić information content (AvgIpc) is 3.40. The summed E-state index contributed by atoms with van der Waals surface area (Å²) in [5, 5.41) is 9.82. The summed E-state index contributed by atoms with van der Waals surface area (Å²) >= 11 is 4.78. The fraction of sp³-hybridized carbons (Fsp3) is 0.261. The number of hydrogen-bond donors (Lipinski definition) is 2. The van der Waals surface area contributed by atoms with Crippen molar-refractivity contribution in [1.29, 1.82) is 0 Å². The van der Waals surface area contributed by atoms with Gasteiger partial charge in [0.05, 0.1) is 16.7 Å². The first-order valence-electron chi connectivity index (χ1n) is 10.5. The third kappa shape index (κ3) is 4.41. The van der Waals surface area contributed by atoms with E-state index < -0.39 is 5.57 Å². The van der Waals surface area contributed by atoms with E-state index in [1.807, 2.05) is 12.1 Å². The summed E-state index contributed by atoms with van der Waals surface area (Å²) in [5.41, 5.74) is 0.390. The molecule has 7 nitrogen and oxygen atoms in total. The van der Waals surface area contributed by atoms with Gasteiger partial charge in [0.15, 0.2) is 0 Å². The number of nitrogens with zero attached hydrogens (tertiary/aromatic N) is 3. The van der Waals surface area contributed by atoms with Crippen LogP contribution in [0.25, 0.3) is 22.3 Å². The van der Waals surface area contributed by atoms with Gasteiger partial charge in [0.25, 0.3) is 5.91 Å². The van der Waals surface area contributed by atoms with E-state index >= 15 is 0 Å².